The van der Waals surface area contributed by atoms with Gasteiger partial charge in [0.05, 0.1) is 11.6 Å². The lowest BCUT2D eigenvalue weighted by molar-refractivity contribution is -0.0979. The summed E-state index contributed by atoms with van der Waals surface area (Å²) in [5.74, 6) is 0. The van der Waals surface area contributed by atoms with Crippen molar-refractivity contribution in [3.8, 4) is 0 Å². The molecule has 1 aliphatic heterocycles. The van der Waals surface area contributed by atoms with Crippen LogP contribution in [-0.2, 0) is 9.47 Å². The molecule has 1 saturated heterocycles. The average molecular weight is 253 g/mol. The Morgan fingerprint density at radius 1 is 1.22 bits per heavy atom. The molecule has 0 bridgehead atoms. The van der Waals surface area contributed by atoms with Gasteiger partial charge < -0.3 is 15.2 Å². The predicted molar refractivity (Wildman–Crippen MR) is 73.6 cm³/mol. The van der Waals surface area contributed by atoms with Gasteiger partial charge in [0.25, 0.3) is 0 Å². The first-order valence-corrected chi connectivity index (χ1v) is 7.36. The third kappa shape index (κ3) is 3.14. The zero-order valence-electron chi connectivity index (χ0n) is 11.6. The summed E-state index contributed by atoms with van der Waals surface area (Å²) in [7, 11) is 1.80. The molecule has 0 saturated carbocycles. The zero-order valence-corrected chi connectivity index (χ0v) is 11.6. The predicted octanol–water partition coefficient (Wildman–Crippen LogP) is 2.79. The van der Waals surface area contributed by atoms with Crippen LogP contribution in [0.3, 0.4) is 0 Å². The van der Waals surface area contributed by atoms with Gasteiger partial charge in [-0.1, -0.05) is 24.5 Å². The fraction of sp³-hybridized carbons (Fsp3) is 0.867. The first-order valence-electron chi connectivity index (χ1n) is 7.36. The Hall–Kier alpha value is -0.380. The third-order valence-electron chi connectivity index (χ3n) is 4.54. The number of rotatable bonds is 3. The van der Waals surface area contributed by atoms with Gasteiger partial charge in [-0.2, -0.15) is 0 Å². The van der Waals surface area contributed by atoms with Gasteiger partial charge in [0.15, 0.2) is 0 Å². The minimum atomic E-state index is -0.191. The normalized spacial score (nSPS) is 26.9. The molecule has 2 rings (SSSR count). The van der Waals surface area contributed by atoms with Crippen molar-refractivity contribution >= 4 is 0 Å². The van der Waals surface area contributed by atoms with Gasteiger partial charge in [0.1, 0.15) is 0 Å². The van der Waals surface area contributed by atoms with Crippen LogP contribution in [0.5, 0.6) is 0 Å². The maximum Gasteiger partial charge on any atom is 0.0910 e. The van der Waals surface area contributed by atoms with Gasteiger partial charge in [0.2, 0.25) is 0 Å². The van der Waals surface area contributed by atoms with Crippen LogP contribution in [0.1, 0.15) is 51.4 Å². The summed E-state index contributed by atoms with van der Waals surface area (Å²) < 4.78 is 11.3. The lowest BCUT2D eigenvalue weighted by Crippen LogP contribution is -2.53. The summed E-state index contributed by atoms with van der Waals surface area (Å²) in [6.45, 7) is 1.55. The van der Waals surface area contributed by atoms with E-state index < -0.39 is 0 Å². The molecular formula is C15H27NO2. The highest BCUT2D eigenvalue weighted by Gasteiger charge is 2.40. The van der Waals surface area contributed by atoms with Crippen LogP contribution in [0.4, 0.5) is 0 Å². The number of ether oxygens (including phenoxy) is 2. The van der Waals surface area contributed by atoms with E-state index in [1.807, 2.05) is 0 Å². The van der Waals surface area contributed by atoms with E-state index in [1.54, 1.807) is 7.11 Å². The van der Waals surface area contributed by atoms with Crippen LogP contribution in [0.25, 0.3) is 0 Å². The highest BCUT2D eigenvalue weighted by molar-refractivity contribution is 5.18. The van der Waals surface area contributed by atoms with E-state index in [2.05, 4.69) is 6.08 Å². The first kappa shape index (κ1) is 14.0. The number of hydrogen-bond acceptors (Lipinski definition) is 3. The first-order chi connectivity index (χ1) is 8.78. The van der Waals surface area contributed by atoms with Gasteiger partial charge in [-0.3, -0.25) is 0 Å². The van der Waals surface area contributed by atoms with Crippen molar-refractivity contribution in [1.82, 2.24) is 0 Å². The quantitative estimate of drug-likeness (QED) is 0.787. The van der Waals surface area contributed by atoms with Crippen LogP contribution >= 0.6 is 0 Å². The van der Waals surface area contributed by atoms with Gasteiger partial charge in [-0.05, 0) is 25.7 Å². The summed E-state index contributed by atoms with van der Waals surface area (Å²) in [6, 6.07) is 0.0458. The van der Waals surface area contributed by atoms with Gasteiger partial charge in [-0.25, -0.2) is 0 Å². The van der Waals surface area contributed by atoms with Crippen molar-refractivity contribution in [2.45, 2.75) is 63.0 Å². The summed E-state index contributed by atoms with van der Waals surface area (Å²) in [4.78, 5) is 0. The molecule has 0 amide bonds. The Labute approximate surface area is 111 Å². The minimum Gasteiger partial charge on any atom is -0.381 e. The summed E-state index contributed by atoms with van der Waals surface area (Å²) in [6.07, 6.45) is 11.8. The molecule has 1 unspecified atom stereocenters. The molecule has 1 atom stereocenters. The summed E-state index contributed by atoms with van der Waals surface area (Å²) in [5.41, 5.74) is 7.76. The molecule has 104 valence electrons. The van der Waals surface area contributed by atoms with Crippen molar-refractivity contribution < 1.29 is 9.47 Å². The molecule has 1 fully saturated rings. The van der Waals surface area contributed by atoms with E-state index >= 15 is 0 Å². The summed E-state index contributed by atoms with van der Waals surface area (Å²) in [5, 5.41) is 0. The standard InChI is InChI=1S/C15H27NO2/c1-17-15(9-11-18-12-10-15)14(16)13-7-5-3-2-4-6-8-13/h7,14H,2-6,8-12,16H2,1H3. The number of methoxy groups -OCH3 is 1. The molecule has 1 aliphatic carbocycles. The Morgan fingerprint density at radius 3 is 2.67 bits per heavy atom. The highest BCUT2D eigenvalue weighted by Crippen LogP contribution is 2.33. The fourth-order valence-corrected chi connectivity index (χ4v) is 3.20. The molecule has 0 spiro atoms. The second-order valence-electron chi connectivity index (χ2n) is 5.59. The lowest BCUT2D eigenvalue weighted by Gasteiger charge is -2.41. The molecule has 0 aromatic carbocycles. The molecular weight excluding hydrogens is 226 g/mol. The van der Waals surface area contributed by atoms with E-state index in [4.69, 9.17) is 15.2 Å². The maximum absolute atomic E-state index is 6.54. The van der Waals surface area contributed by atoms with Gasteiger partial charge >= 0.3 is 0 Å². The van der Waals surface area contributed by atoms with E-state index in [9.17, 15) is 0 Å². The lowest BCUT2D eigenvalue weighted by atomic mass is 9.80. The Balaban J connectivity index is 2.08. The van der Waals surface area contributed by atoms with Crippen LogP contribution in [0, 0.1) is 0 Å². The average Bonchev–Trinajstić information content (AvgIpc) is 2.38. The number of nitrogens with two attached hydrogens (primary N) is 1. The van der Waals surface area contributed by atoms with Crippen LogP contribution in [0.2, 0.25) is 0 Å². The molecule has 3 heteroatoms. The van der Waals surface area contributed by atoms with Gasteiger partial charge in [0, 0.05) is 33.2 Å². The van der Waals surface area contributed by atoms with E-state index in [0.29, 0.717) is 0 Å². The van der Waals surface area contributed by atoms with Crippen molar-refractivity contribution in [1.29, 1.82) is 0 Å². The summed E-state index contributed by atoms with van der Waals surface area (Å²) >= 11 is 0. The Kier molecular flexibility index (Phi) is 5.22. The van der Waals surface area contributed by atoms with Crippen LogP contribution < -0.4 is 5.73 Å². The van der Waals surface area contributed by atoms with Crippen LogP contribution in [-0.4, -0.2) is 32.0 Å². The van der Waals surface area contributed by atoms with Crippen LogP contribution in [0.15, 0.2) is 11.6 Å². The van der Waals surface area contributed by atoms with Crippen molar-refractivity contribution in [2.24, 2.45) is 5.73 Å². The fourth-order valence-electron chi connectivity index (χ4n) is 3.20. The number of hydrogen-bond donors (Lipinski definition) is 1. The van der Waals surface area contributed by atoms with Crippen molar-refractivity contribution in [3.05, 3.63) is 11.6 Å². The molecule has 0 radical (unpaired) electrons. The van der Waals surface area contributed by atoms with E-state index in [0.717, 1.165) is 32.5 Å². The SMILES string of the molecule is COC1(C(N)C2=CCCCCCC2)CCOCC1. The van der Waals surface area contributed by atoms with E-state index in [-0.39, 0.29) is 11.6 Å². The number of allylic oxidation sites excluding steroid dienone is 1. The molecule has 1 heterocycles. The largest absolute Gasteiger partial charge is 0.381 e. The third-order valence-corrected chi connectivity index (χ3v) is 4.54. The van der Waals surface area contributed by atoms with Crippen molar-refractivity contribution in [2.75, 3.05) is 20.3 Å². The molecule has 0 aromatic rings. The Morgan fingerprint density at radius 2 is 1.94 bits per heavy atom. The Bertz CT molecular complexity index is 282. The second-order valence-corrected chi connectivity index (χ2v) is 5.59. The molecule has 2 aliphatic rings. The second kappa shape index (κ2) is 6.69. The molecule has 3 nitrogen and oxygen atoms in total. The van der Waals surface area contributed by atoms with Crippen molar-refractivity contribution in [3.63, 3.8) is 0 Å². The maximum atomic E-state index is 6.54. The molecule has 18 heavy (non-hydrogen) atoms. The van der Waals surface area contributed by atoms with E-state index in [1.165, 1.54) is 37.7 Å². The smallest absolute Gasteiger partial charge is 0.0910 e. The highest BCUT2D eigenvalue weighted by atomic mass is 16.5. The monoisotopic (exact) mass is 253 g/mol. The molecule has 2 N–H and O–H groups in total. The minimum absolute atomic E-state index is 0.0458. The molecule has 0 aromatic heterocycles. The van der Waals surface area contributed by atoms with Gasteiger partial charge in [-0.15, -0.1) is 0 Å². The zero-order chi connectivity index (χ0) is 12.8. The topological polar surface area (TPSA) is 44.5 Å².